The van der Waals surface area contributed by atoms with E-state index in [0.29, 0.717) is 22.7 Å². The summed E-state index contributed by atoms with van der Waals surface area (Å²) < 4.78 is 5.47. The Labute approximate surface area is 160 Å². The first kappa shape index (κ1) is 17.2. The zero-order valence-corrected chi connectivity index (χ0v) is 15.4. The van der Waals surface area contributed by atoms with Gasteiger partial charge in [0.2, 0.25) is 5.91 Å². The molecule has 1 unspecified atom stereocenters. The van der Waals surface area contributed by atoms with E-state index in [0.717, 1.165) is 11.3 Å². The van der Waals surface area contributed by atoms with Gasteiger partial charge in [0.15, 0.2) is 0 Å². The average Bonchev–Trinajstić information content (AvgIpc) is 3.41. The number of benzene rings is 1. The second-order valence-electron chi connectivity index (χ2n) is 6.17. The first-order valence-corrected chi connectivity index (χ1v) is 9.36. The quantitative estimate of drug-likeness (QED) is 0.735. The van der Waals surface area contributed by atoms with Gasteiger partial charge in [-0.05, 0) is 41.3 Å². The number of hydrogen-bond acceptors (Lipinski definition) is 5. The van der Waals surface area contributed by atoms with E-state index < -0.39 is 0 Å². The Morgan fingerprint density at radius 2 is 2.00 bits per heavy atom. The van der Waals surface area contributed by atoms with Crippen molar-refractivity contribution in [1.29, 1.82) is 0 Å². The molecule has 0 radical (unpaired) electrons. The molecule has 0 aliphatic carbocycles. The summed E-state index contributed by atoms with van der Waals surface area (Å²) in [6.45, 7) is 1.47. The topological polar surface area (TPSA) is 74.9 Å². The van der Waals surface area contributed by atoms with Crippen LogP contribution in [-0.4, -0.2) is 22.5 Å². The standard InChI is InChI=1S/C20H17N3O3S/c1-13(24)21-15-8-6-14(7-9-15)17-12-16(18-4-2-10-26-18)22-23(17)20(25)19-5-3-11-27-19/h2-11,17H,12H2,1H3,(H,21,24). The molecule has 136 valence electrons. The van der Waals surface area contributed by atoms with E-state index in [-0.39, 0.29) is 17.9 Å². The maximum Gasteiger partial charge on any atom is 0.284 e. The van der Waals surface area contributed by atoms with Gasteiger partial charge in [0, 0.05) is 19.0 Å². The molecule has 1 atom stereocenters. The molecule has 3 heterocycles. The zero-order valence-electron chi connectivity index (χ0n) is 14.6. The largest absolute Gasteiger partial charge is 0.463 e. The third kappa shape index (κ3) is 3.54. The third-order valence-corrected chi connectivity index (χ3v) is 5.13. The van der Waals surface area contributed by atoms with Crippen LogP contribution in [0.5, 0.6) is 0 Å². The van der Waals surface area contributed by atoms with Crippen molar-refractivity contribution in [2.75, 3.05) is 5.32 Å². The summed E-state index contributed by atoms with van der Waals surface area (Å²) in [6.07, 6.45) is 2.16. The van der Waals surface area contributed by atoms with Crippen LogP contribution in [0.4, 0.5) is 5.69 Å². The van der Waals surface area contributed by atoms with Crippen molar-refractivity contribution in [2.45, 2.75) is 19.4 Å². The third-order valence-electron chi connectivity index (χ3n) is 4.27. The number of nitrogens with zero attached hydrogens (tertiary/aromatic N) is 2. The predicted molar refractivity (Wildman–Crippen MR) is 104 cm³/mol. The van der Waals surface area contributed by atoms with Gasteiger partial charge >= 0.3 is 0 Å². The predicted octanol–water partition coefficient (Wildman–Crippen LogP) is 4.29. The number of anilines is 1. The Morgan fingerprint density at radius 3 is 2.63 bits per heavy atom. The number of thiophene rings is 1. The minimum absolute atomic E-state index is 0.124. The highest BCUT2D eigenvalue weighted by atomic mass is 32.1. The van der Waals surface area contributed by atoms with Crippen molar-refractivity contribution in [3.8, 4) is 0 Å². The van der Waals surface area contributed by atoms with Crippen LogP contribution in [0.2, 0.25) is 0 Å². The molecule has 0 spiro atoms. The van der Waals surface area contributed by atoms with Gasteiger partial charge in [-0.2, -0.15) is 5.10 Å². The summed E-state index contributed by atoms with van der Waals surface area (Å²) in [5.41, 5.74) is 2.40. The minimum atomic E-state index is -0.230. The summed E-state index contributed by atoms with van der Waals surface area (Å²) in [6, 6.07) is 14.5. The van der Waals surface area contributed by atoms with Gasteiger partial charge in [-0.15, -0.1) is 11.3 Å². The van der Waals surface area contributed by atoms with Crippen molar-refractivity contribution in [1.82, 2.24) is 5.01 Å². The first-order valence-electron chi connectivity index (χ1n) is 8.48. The Balaban J connectivity index is 1.65. The lowest BCUT2D eigenvalue weighted by Crippen LogP contribution is -2.26. The first-order chi connectivity index (χ1) is 13.1. The van der Waals surface area contributed by atoms with E-state index in [1.807, 2.05) is 41.8 Å². The Bertz CT molecular complexity index is 976. The average molecular weight is 379 g/mol. The summed E-state index contributed by atoms with van der Waals surface area (Å²) in [5.74, 6) is 0.403. The highest BCUT2D eigenvalue weighted by Crippen LogP contribution is 2.35. The number of carbonyl (C=O) groups is 2. The Hall–Kier alpha value is -3.19. The van der Waals surface area contributed by atoms with E-state index in [1.54, 1.807) is 18.4 Å². The summed E-state index contributed by atoms with van der Waals surface area (Å²) in [7, 11) is 0. The van der Waals surface area contributed by atoms with Gasteiger partial charge in [0.05, 0.1) is 17.2 Å². The van der Waals surface area contributed by atoms with Crippen LogP contribution in [0.3, 0.4) is 0 Å². The molecule has 1 aliphatic heterocycles. The van der Waals surface area contributed by atoms with E-state index in [4.69, 9.17) is 4.42 Å². The maximum atomic E-state index is 13.0. The molecular weight excluding hydrogens is 362 g/mol. The number of carbonyl (C=O) groups excluding carboxylic acids is 2. The molecule has 0 saturated carbocycles. The molecule has 2 amide bonds. The number of rotatable bonds is 4. The van der Waals surface area contributed by atoms with Gasteiger partial charge in [-0.25, -0.2) is 5.01 Å². The molecule has 1 aromatic carbocycles. The second kappa shape index (κ2) is 7.20. The summed E-state index contributed by atoms with van der Waals surface area (Å²) in [5, 5.41) is 10.7. The normalized spacial score (nSPS) is 16.3. The number of hydrazone groups is 1. The van der Waals surface area contributed by atoms with Crippen molar-refractivity contribution in [2.24, 2.45) is 5.10 Å². The molecule has 7 heteroatoms. The molecule has 4 rings (SSSR count). The molecule has 3 aromatic rings. The summed E-state index contributed by atoms with van der Waals surface area (Å²) in [4.78, 5) is 24.8. The second-order valence-corrected chi connectivity index (χ2v) is 7.12. The van der Waals surface area contributed by atoms with Crippen molar-refractivity contribution < 1.29 is 14.0 Å². The van der Waals surface area contributed by atoms with Crippen molar-refractivity contribution >= 4 is 34.6 Å². The Kier molecular flexibility index (Phi) is 4.60. The molecule has 2 aromatic heterocycles. The van der Waals surface area contributed by atoms with E-state index in [2.05, 4.69) is 10.4 Å². The van der Waals surface area contributed by atoms with Crippen LogP contribution in [0.25, 0.3) is 0 Å². The van der Waals surface area contributed by atoms with Crippen LogP contribution < -0.4 is 5.32 Å². The fourth-order valence-corrected chi connectivity index (χ4v) is 3.71. The van der Waals surface area contributed by atoms with Gasteiger partial charge in [0.1, 0.15) is 11.5 Å². The smallest absolute Gasteiger partial charge is 0.284 e. The fraction of sp³-hybridized carbons (Fsp3) is 0.150. The molecule has 0 bridgehead atoms. The minimum Gasteiger partial charge on any atom is -0.463 e. The van der Waals surface area contributed by atoms with E-state index in [1.165, 1.54) is 23.3 Å². The lowest BCUT2D eigenvalue weighted by atomic mass is 10.0. The molecule has 6 nitrogen and oxygen atoms in total. The molecule has 0 saturated heterocycles. The number of hydrogen-bond donors (Lipinski definition) is 1. The highest BCUT2D eigenvalue weighted by Gasteiger charge is 2.34. The fourth-order valence-electron chi connectivity index (χ4n) is 3.05. The SMILES string of the molecule is CC(=O)Nc1ccc(C2CC(c3ccco3)=NN2C(=O)c2cccs2)cc1. The number of nitrogens with one attached hydrogen (secondary N) is 1. The van der Waals surface area contributed by atoms with E-state index >= 15 is 0 Å². The monoisotopic (exact) mass is 379 g/mol. The summed E-state index contributed by atoms with van der Waals surface area (Å²) >= 11 is 1.39. The van der Waals surface area contributed by atoms with Crippen LogP contribution in [0.15, 0.2) is 69.7 Å². The highest BCUT2D eigenvalue weighted by molar-refractivity contribution is 7.12. The number of amides is 2. The van der Waals surface area contributed by atoms with Crippen molar-refractivity contribution in [3.05, 3.63) is 76.4 Å². The van der Waals surface area contributed by atoms with Crippen molar-refractivity contribution in [3.63, 3.8) is 0 Å². The van der Waals surface area contributed by atoms with Gasteiger partial charge < -0.3 is 9.73 Å². The van der Waals surface area contributed by atoms with Crippen LogP contribution in [-0.2, 0) is 4.79 Å². The molecule has 1 aliphatic rings. The van der Waals surface area contributed by atoms with Gasteiger partial charge in [-0.3, -0.25) is 9.59 Å². The zero-order chi connectivity index (χ0) is 18.8. The van der Waals surface area contributed by atoms with Crippen LogP contribution >= 0.6 is 11.3 Å². The molecular formula is C20H17N3O3S. The maximum absolute atomic E-state index is 13.0. The molecule has 27 heavy (non-hydrogen) atoms. The molecule has 1 N–H and O–H groups in total. The van der Waals surface area contributed by atoms with Crippen LogP contribution in [0, 0.1) is 0 Å². The van der Waals surface area contributed by atoms with Crippen LogP contribution in [0.1, 0.15) is 40.4 Å². The van der Waals surface area contributed by atoms with E-state index in [9.17, 15) is 9.59 Å². The molecule has 0 fully saturated rings. The number of furan rings is 1. The Morgan fingerprint density at radius 1 is 1.19 bits per heavy atom. The van der Waals surface area contributed by atoms with Gasteiger partial charge in [-0.1, -0.05) is 18.2 Å². The lowest BCUT2D eigenvalue weighted by Gasteiger charge is -2.21. The lowest BCUT2D eigenvalue weighted by molar-refractivity contribution is -0.114. The van der Waals surface area contributed by atoms with Gasteiger partial charge in [0.25, 0.3) is 5.91 Å².